The van der Waals surface area contributed by atoms with E-state index in [1.54, 1.807) is 39.0 Å². The van der Waals surface area contributed by atoms with Crippen molar-refractivity contribution < 1.29 is 41.7 Å². The molecular formula is C30H30F3NO6. The van der Waals surface area contributed by atoms with Crippen molar-refractivity contribution in [2.45, 2.75) is 51.6 Å². The summed E-state index contributed by atoms with van der Waals surface area (Å²) >= 11 is 0. The lowest BCUT2D eigenvalue weighted by Gasteiger charge is -2.23. The highest BCUT2D eigenvalue weighted by Gasteiger charge is 2.40. The minimum atomic E-state index is -4.61. The zero-order chi connectivity index (χ0) is 29.0. The van der Waals surface area contributed by atoms with Gasteiger partial charge in [-0.1, -0.05) is 36.4 Å². The molecule has 40 heavy (non-hydrogen) atoms. The van der Waals surface area contributed by atoms with Crippen molar-refractivity contribution in [1.29, 1.82) is 0 Å². The molecule has 4 rings (SSSR count). The Bertz CT molecular complexity index is 1360. The molecule has 0 N–H and O–H groups in total. The van der Waals surface area contributed by atoms with E-state index in [2.05, 4.69) is 0 Å². The fourth-order valence-corrected chi connectivity index (χ4v) is 4.53. The maximum Gasteiger partial charge on any atom is 0.416 e. The smallest absolute Gasteiger partial charge is 0.416 e. The first kappa shape index (κ1) is 28.8. The summed E-state index contributed by atoms with van der Waals surface area (Å²) in [5.74, 6) is -0.450. The van der Waals surface area contributed by atoms with Crippen LogP contribution in [0.2, 0.25) is 0 Å². The molecule has 0 radical (unpaired) electrons. The summed E-state index contributed by atoms with van der Waals surface area (Å²) in [6.45, 7) is 5.19. The predicted octanol–water partition coefficient (Wildman–Crippen LogP) is 7.25. The Morgan fingerprint density at radius 3 is 2.38 bits per heavy atom. The van der Waals surface area contributed by atoms with Crippen LogP contribution >= 0.6 is 0 Å². The lowest BCUT2D eigenvalue weighted by atomic mass is 10.0. The number of carbonyl (C=O) groups excluding carboxylic acids is 2. The van der Waals surface area contributed by atoms with Crippen molar-refractivity contribution in [3.05, 3.63) is 89.0 Å². The topological polar surface area (TPSA) is 74.3 Å². The molecule has 0 bridgehead atoms. The number of hydrogen-bond donors (Lipinski definition) is 0. The number of cyclic esters (lactones) is 1. The van der Waals surface area contributed by atoms with E-state index in [1.807, 2.05) is 30.3 Å². The van der Waals surface area contributed by atoms with Crippen LogP contribution in [0.25, 0.3) is 0 Å². The van der Waals surface area contributed by atoms with E-state index < -0.39 is 41.9 Å². The molecule has 3 atom stereocenters. The van der Waals surface area contributed by atoms with Gasteiger partial charge in [0.15, 0.2) is 11.5 Å². The van der Waals surface area contributed by atoms with E-state index in [4.69, 9.17) is 18.9 Å². The van der Waals surface area contributed by atoms with Crippen LogP contribution in [0.1, 0.15) is 55.0 Å². The van der Waals surface area contributed by atoms with E-state index in [0.29, 0.717) is 11.3 Å². The molecule has 0 aromatic heterocycles. The molecule has 1 saturated heterocycles. The van der Waals surface area contributed by atoms with E-state index in [9.17, 15) is 22.8 Å². The SMILES string of the molecule is CCOC(=O)C(C)c1ccc(OC)c(Oc2ccc(C(F)(F)F)cc2CN2C(=O)O[C@H](c3ccccc3)[C@@H]2C)c1. The average Bonchev–Trinajstić information content (AvgIpc) is 3.21. The summed E-state index contributed by atoms with van der Waals surface area (Å²) in [4.78, 5) is 26.5. The molecule has 0 saturated carbocycles. The van der Waals surface area contributed by atoms with Crippen LogP contribution in [0.3, 0.4) is 0 Å². The second-order valence-electron chi connectivity index (χ2n) is 9.39. The molecule has 1 amide bonds. The van der Waals surface area contributed by atoms with Crippen molar-refractivity contribution in [3.63, 3.8) is 0 Å². The molecule has 7 nitrogen and oxygen atoms in total. The van der Waals surface area contributed by atoms with Gasteiger partial charge < -0.3 is 18.9 Å². The second-order valence-corrected chi connectivity index (χ2v) is 9.39. The molecule has 0 spiro atoms. The number of ether oxygens (including phenoxy) is 4. The highest BCUT2D eigenvalue weighted by Crippen LogP contribution is 2.40. The number of rotatable bonds is 9. The maximum atomic E-state index is 13.7. The van der Waals surface area contributed by atoms with Crippen molar-refractivity contribution in [2.75, 3.05) is 13.7 Å². The predicted molar refractivity (Wildman–Crippen MR) is 140 cm³/mol. The molecule has 1 fully saturated rings. The monoisotopic (exact) mass is 557 g/mol. The fraction of sp³-hybridized carbons (Fsp3) is 0.333. The molecule has 10 heteroatoms. The average molecular weight is 558 g/mol. The van der Waals surface area contributed by atoms with Gasteiger partial charge in [-0.15, -0.1) is 0 Å². The number of alkyl halides is 3. The van der Waals surface area contributed by atoms with Crippen molar-refractivity contribution in [3.8, 4) is 17.2 Å². The van der Waals surface area contributed by atoms with Crippen molar-refractivity contribution in [1.82, 2.24) is 4.90 Å². The Balaban J connectivity index is 1.69. The van der Waals surface area contributed by atoms with Gasteiger partial charge in [-0.25, -0.2) is 4.79 Å². The highest BCUT2D eigenvalue weighted by atomic mass is 19.4. The highest BCUT2D eigenvalue weighted by molar-refractivity contribution is 5.78. The van der Waals surface area contributed by atoms with Gasteiger partial charge in [0, 0.05) is 5.56 Å². The number of methoxy groups -OCH3 is 1. The fourth-order valence-electron chi connectivity index (χ4n) is 4.53. The standard InChI is InChI=1S/C30H30F3NO6/c1-5-38-28(35)18(2)21-11-13-25(37-4)26(16-21)39-24-14-12-23(30(31,32)33)15-22(24)17-34-19(3)27(40-29(34)36)20-9-7-6-8-10-20/h6-16,18-19,27H,5,17H2,1-4H3/t18?,19-,27-/m0/s1. The third kappa shape index (κ3) is 6.16. The number of carbonyl (C=O) groups is 2. The van der Waals surface area contributed by atoms with Gasteiger partial charge in [-0.3, -0.25) is 9.69 Å². The van der Waals surface area contributed by atoms with Gasteiger partial charge in [0.2, 0.25) is 0 Å². The van der Waals surface area contributed by atoms with Crippen LogP contribution in [-0.2, 0) is 27.0 Å². The van der Waals surface area contributed by atoms with Crippen LogP contribution in [-0.4, -0.2) is 36.7 Å². The normalized spacial score (nSPS) is 17.8. The quantitative estimate of drug-likeness (QED) is 0.258. The van der Waals surface area contributed by atoms with E-state index in [0.717, 1.165) is 17.7 Å². The summed E-state index contributed by atoms with van der Waals surface area (Å²) in [6.07, 6.45) is -5.83. The zero-order valence-electron chi connectivity index (χ0n) is 22.5. The summed E-state index contributed by atoms with van der Waals surface area (Å²) in [7, 11) is 1.43. The molecule has 0 aliphatic carbocycles. The molecule has 1 aliphatic rings. The Morgan fingerprint density at radius 1 is 1.02 bits per heavy atom. The van der Waals surface area contributed by atoms with Gasteiger partial charge in [0.25, 0.3) is 0 Å². The maximum absolute atomic E-state index is 13.7. The number of hydrogen-bond acceptors (Lipinski definition) is 6. The Labute approximate surface area is 230 Å². The van der Waals surface area contributed by atoms with E-state index in [-0.39, 0.29) is 30.2 Å². The van der Waals surface area contributed by atoms with E-state index in [1.165, 1.54) is 18.1 Å². The minimum absolute atomic E-state index is 0.0930. The molecule has 1 heterocycles. The summed E-state index contributed by atoms with van der Waals surface area (Å²) in [5.41, 5.74) is 0.596. The Morgan fingerprint density at radius 2 is 1.73 bits per heavy atom. The lowest BCUT2D eigenvalue weighted by molar-refractivity contribution is -0.144. The zero-order valence-corrected chi connectivity index (χ0v) is 22.5. The van der Waals surface area contributed by atoms with Crippen LogP contribution in [0.5, 0.6) is 17.2 Å². The van der Waals surface area contributed by atoms with Gasteiger partial charge in [0.1, 0.15) is 11.9 Å². The second kappa shape index (κ2) is 11.9. The number of benzene rings is 3. The number of nitrogens with zero attached hydrogens (tertiary/aromatic N) is 1. The number of esters is 1. The van der Waals surface area contributed by atoms with E-state index >= 15 is 0 Å². The summed E-state index contributed by atoms with van der Waals surface area (Å²) in [5, 5.41) is 0. The van der Waals surface area contributed by atoms with Gasteiger partial charge >= 0.3 is 18.2 Å². The van der Waals surface area contributed by atoms with Crippen molar-refractivity contribution in [2.24, 2.45) is 0 Å². The Kier molecular flexibility index (Phi) is 8.56. The number of halogens is 3. The van der Waals surface area contributed by atoms with Crippen LogP contribution < -0.4 is 9.47 Å². The Hall–Kier alpha value is -4.21. The van der Waals surface area contributed by atoms with Crippen LogP contribution in [0.4, 0.5) is 18.0 Å². The van der Waals surface area contributed by atoms with Gasteiger partial charge in [-0.05, 0) is 62.2 Å². The molecule has 1 unspecified atom stereocenters. The minimum Gasteiger partial charge on any atom is -0.493 e. The summed E-state index contributed by atoms with van der Waals surface area (Å²) in [6, 6.07) is 16.6. The van der Waals surface area contributed by atoms with Crippen LogP contribution in [0.15, 0.2) is 66.7 Å². The van der Waals surface area contributed by atoms with Crippen LogP contribution in [0, 0.1) is 0 Å². The van der Waals surface area contributed by atoms with Crippen molar-refractivity contribution >= 4 is 12.1 Å². The van der Waals surface area contributed by atoms with Gasteiger partial charge in [-0.2, -0.15) is 13.2 Å². The number of amides is 1. The van der Waals surface area contributed by atoms with Gasteiger partial charge in [0.05, 0.1) is 37.8 Å². The third-order valence-corrected chi connectivity index (χ3v) is 6.80. The summed E-state index contributed by atoms with van der Waals surface area (Å²) < 4.78 is 63.2. The lowest BCUT2D eigenvalue weighted by Crippen LogP contribution is -2.31. The first-order valence-corrected chi connectivity index (χ1v) is 12.8. The largest absolute Gasteiger partial charge is 0.493 e. The molecular weight excluding hydrogens is 527 g/mol. The molecule has 212 valence electrons. The molecule has 3 aromatic rings. The molecule has 3 aromatic carbocycles. The third-order valence-electron chi connectivity index (χ3n) is 6.80. The molecule has 1 aliphatic heterocycles. The first-order valence-electron chi connectivity index (χ1n) is 12.8. The first-order chi connectivity index (χ1) is 19.0.